The topological polar surface area (TPSA) is 37.3 Å². The Kier molecular flexibility index (Phi) is 7.94. The van der Waals surface area contributed by atoms with Crippen LogP contribution in [0.25, 0.3) is 0 Å². The molecule has 1 N–H and O–H groups in total. The molecule has 2 nitrogen and oxygen atoms in total. The Hall–Kier alpha value is -1.35. The van der Waals surface area contributed by atoms with Crippen LogP contribution in [0.5, 0.6) is 0 Å². The fourth-order valence-electron chi connectivity index (χ4n) is 0.321. The van der Waals surface area contributed by atoms with Gasteiger partial charge in [0.25, 0.3) is 0 Å². The first kappa shape index (κ1) is 25.6. The van der Waals surface area contributed by atoms with E-state index in [4.69, 9.17) is 5.11 Å². The number of hydrogen-bond donors (Lipinski definition) is 1. The van der Waals surface area contributed by atoms with Gasteiger partial charge < -0.3 is 5.11 Å². The molecule has 0 spiro atoms. The minimum atomic E-state index is -6.36. The zero-order valence-corrected chi connectivity index (χ0v) is 9.18. The molecule has 0 saturated carbocycles. The summed E-state index contributed by atoms with van der Waals surface area (Å²) in [4.78, 5) is 9.24. The highest BCUT2D eigenvalue weighted by Gasteiger charge is 2.72. The second-order valence-corrected chi connectivity index (χ2v) is 2.94. The van der Waals surface area contributed by atoms with Gasteiger partial charge in [0.1, 0.15) is 0 Å². The van der Waals surface area contributed by atoms with Crippen molar-refractivity contribution in [1.29, 1.82) is 0 Å². The van der Waals surface area contributed by atoms with E-state index in [9.17, 15) is 61.9 Å². The van der Waals surface area contributed by atoms with Crippen molar-refractivity contribution < 1.29 is 71.7 Å². The van der Waals surface area contributed by atoms with E-state index in [1.54, 1.807) is 0 Å². The molecule has 0 rings (SSSR count). The lowest BCUT2D eigenvalue weighted by Crippen LogP contribution is -2.52. The average molecular weight is 372 g/mol. The van der Waals surface area contributed by atoms with Gasteiger partial charge in [-0.2, -0.15) is 57.1 Å². The second-order valence-electron chi connectivity index (χ2n) is 2.94. The van der Waals surface area contributed by atoms with Crippen LogP contribution in [-0.2, 0) is 4.79 Å². The van der Waals surface area contributed by atoms with Crippen LogP contribution in [0, 0.1) is 0 Å². The zero-order chi connectivity index (χ0) is 18.1. The first-order valence-electron chi connectivity index (χ1n) is 3.88. The maximum absolute atomic E-state index is 11.4. The maximum atomic E-state index is 11.4. The highest BCUT2D eigenvalue weighted by atomic mass is 19.4. The molecule has 0 aromatic rings. The Bertz CT molecular complexity index is 321. The van der Waals surface area contributed by atoms with E-state index in [-0.39, 0.29) is 4.70 Å². The fourth-order valence-corrected chi connectivity index (χ4v) is 0.321. The number of ketones is 1. The molecule has 136 valence electrons. The van der Waals surface area contributed by atoms with Gasteiger partial charge in [0.15, 0.2) is 0 Å². The molecule has 0 aliphatic rings. The van der Waals surface area contributed by atoms with Crippen molar-refractivity contribution in [2.75, 3.05) is 0 Å². The first-order valence-corrected chi connectivity index (χ1v) is 3.88. The quantitative estimate of drug-likeness (QED) is 0.660. The molecule has 0 fully saturated rings. The van der Waals surface area contributed by atoms with Gasteiger partial charge in [-0.1, -0.05) is 0 Å². The predicted octanol–water partition coefficient (Wildman–Crippen LogP) is 3.60. The predicted molar refractivity (Wildman–Crippen MR) is 37.8 cm³/mol. The Morgan fingerprint density at radius 2 is 0.773 bits per heavy atom. The van der Waals surface area contributed by atoms with Gasteiger partial charge in [-0.15, -0.1) is 0 Å². The summed E-state index contributed by atoms with van der Waals surface area (Å²) in [6.45, 7) is 0. The van der Waals surface area contributed by atoms with Gasteiger partial charge in [0.05, 0.1) is 0 Å². The summed E-state index contributed by atoms with van der Waals surface area (Å²) < 4.78 is 143. The number of rotatable bonds is 0. The van der Waals surface area contributed by atoms with Gasteiger partial charge in [0.2, 0.25) is 0 Å². The molecule has 0 bridgehead atoms. The largest absolute Gasteiger partial charge is 0.459 e. The molecular weight excluding hydrogens is 370 g/mol. The van der Waals surface area contributed by atoms with Crippen molar-refractivity contribution in [1.82, 2.24) is 0 Å². The molecule has 0 aliphatic heterocycles. The molecule has 0 saturated heterocycles. The van der Waals surface area contributed by atoms with Gasteiger partial charge in [0, 0.05) is 0 Å². The summed E-state index contributed by atoms with van der Waals surface area (Å²) in [6.07, 6.45) is -24.4. The smallest absolute Gasteiger partial charge is 0.348 e. The highest BCUT2D eigenvalue weighted by Crippen LogP contribution is 2.43. The number of alkyl halides is 13. The fraction of sp³-hybridized carbons (Fsp3) is 0.833. The van der Waals surface area contributed by atoms with E-state index in [1.807, 2.05) is 0 Å². The number of aliphatic hydroxyl groups is 1. The maximum Gasteiger partial charge on any atom is 0.459 e. The van der Waals surface area contributed by atoms with Gasteiger partial charge >= 0.3 is 36.3 Å². The van der Waals surface area contributed by atoms with Crippen LogP contribution < -0.4 is 0 Å². The number of halogens is 14. The van der Waals surface area contributed by atoms with E-state index < -0.39 is 36.3 Å². The van der Waals surface area contributed by atoms with Crippen molar-refractivity contribution >= 4 is 5.78 Å². The number of carbonyl (C=O) groups excluding carboxylic acids is 1. The van der Waals surface area contributed by atoms with Crippen LogP contribution in [0.4, 0.5) is 61.8 Å². The van der Waals surface area contributed by atoms with Crippen molar-refractivity contribution in [2.45, 2.75) is 30.6 Å². The van der Waals surface area contributed by atoms with Crippen LogP contribution in [0.2, 0.25) is 0 Å². The Balaban J connectivity index is -0.000000315. The zero-order valence-electron chi connectivity index (χ0n) is 9.18. The van der Waals surface area contributed by atoms with Crippen LogP contribution in [0.3, 0.4) is 0 Å². The molecule has 0 unspecified atom stereocenters. The van der Waals surface area contributed by atoms with Crippen LogP contribution in [-0.4, -0.2) is 41.4 Å². The molecule has 22 heavy (non-hydrogen) atoms. The van der Waals surface area contributed by atoms with Crippen molar-refractivity contribution in [3.63, 3.8) is 0 Å². The second kappa shape index (κ2) is 6.82. The van der Waals surface area contributed by atoms with Gasteiger partial charge in [-0.25, -0.2) is 0 Å². The normalized spacial score (nSPS) is 13.7. The average Bonchev–Trinajstić information content (AvgIpc) is 2.11. The molecule has 0 heterocycles. The third kappa shape index (κ3) is 7.08. The lowest BCUT2D eigenvalue weighted by atomic mass is 10.3. The van der Waals surface area contributed by atoms with Gasteiger partial charge in [-0.3, -0.25) is 9.50 Å². The van der Waals surface area contributed by atoms with Crippen LogP contribution >= 0.6 is 0 Å². The standard InChI is InChI=1S/C3HF7O.C3F6O.FH/c4-1(11,2(5,6)7)3(8,9)10;4-2(5,6)1(10)3(7,8)9;/h11H;;1H. The van der Waals surface area contributed by atoms with Crippen LogP contribution in [0.15, 0.2) is 0 Å². The minimum Gasteiger partial charge on any atom is -0.348 e. The third-order valence-corrected chi connectivity index (χ3v) is 1.27. The summed E-state index contributed by atoms with van der Waals surface area (Å²) in [5.41, 5.74) is 0. The molecule has 0 atom stereocenters. The number of hydrogen-bond acceptors (Lipinski definition) is 2. The minimum absolute atomic E-state index is 0. The van der Waals surface area contributed by atoms with E-state index in [0.717, 1.165) is 0 Å². The molecule has 0 amide bonds. The Labute approximate surface area is 109 Å². The number of Topliss-reactive ketones (excluding diaryl/α,β-unsaturated/α-hetero) is 1. The van der Waals surface area contributed by atoms with Crippen molar-refractivity contribution in [3.05, 3.63) is 0 Å². The van der Waals surface area contributed by atoms with Crippen LogP contribution in [0.1, 0.15) is 0 Å². The first-order chi connectivity index (χ1) is 8.65. The molecule has 16 heteroatoms. The third-order valence-electron chi connectivity index (χ3n) is 1.27. The summed E-state index contributed by atoms with van der Waals surface area (Å²) in [5, 5.41) is 7.27. The molecule has 0 aromatic carbocycles. The number of carbonyl (C=O) groups is 1. The molecular formula is C6H2F14O2. The summed E-state index contributed by atoms with van der Waals surface area (Å²) in [7, 11) is 0. The SMILES string of the molecule is F.O=C(C(F)(F)F)C(F)(F)F.OC(F)(C(F)(F)F)C(F)(F)F. The summed E-state index contributed by atoms with van der Waals surface area (Å²) >= 11 is 0. The summed E-state index contributed by atoms with van der Waals surface area (Å²) in [5.74, 6) is -9.81. The van der Waals surface area contributed by atoms with E-state index >= 15 is 0 Å². The molecule has 0 aliphatic carbocycles. The lowest BCUT2D eigenvalue weighted by Gasteiger charge is -2.23. The molecule has 0 aromatic heterocycles. The van der Waals surface area contributed by atoms with E-state index in [2.05, 4.69) is 0 Å². The monoisotopic (exact) mass is 372 g/mol. The van der Waals surface area contributed by atoms with Crippen molar-refractivity contribution in [3.8, 4) is 0 Å². The van der Waals surface area contributed by atoms with Crippen molar-refractivity contribution in [2.24, 2.45) is 0 Å². The van der Waals surface area contributed by atoms with E-state index in [1.165, 1.54) is 0 Å². The molecule has 0 radical (unpaired) electrons. The lowest BCUT2D eigenvalue weighted by molar-refractivity contribution is -0.417. The highest BCUT2D eigenvalue weighted by molar-refractivity contribution is 5.89. The summed E-state index contributed by atoms with van der Waals surface area (Å²) in [6, 6.07) is 0. The Morgan fingerprint density at radius 3 is 0.773 bits per heavy atom. The van der Waals surface area contributed by atoms with E-state index in [0.29, 0.717) is 0 Å². The Morgan fingerprint density at radius 1 is 0.591 bits per heavy atom. The van der Waals surface area contributed by atoms with Gasteiger partial charge in [-0.05, 0) is 0 Å².